The van der Waals surface area contributed by atoms with Gasteiger partial charge < -0.3 is 15.3 Å². The molecule has 3 heterocycles. The summed E-state index contributed by atoms with van der Waals surface area (Å²) in [5.74, 6) is 0.633. The van der Waals surface area contributed by atoms with E-state index >= 15 is 0 Å². The summed E-state index contributed by atoms with van der Waals surface area (Å²) in [6.45, 7) is 0.988. The van der Waals surface area contributed by atoms with Gasteiger partial charge in [-0.05, 0) is 22.4 Å². The number of carboxylic acid groups (broad SMARTS) is 1. The van der Waals surface area contributed by atoms with Crippen LogP contribution >= 0.6 is 15.9 Å². The third kappa shape index (κ3) is 2.38. The largest absolute Gasteiger partial charge is 0.465 e. The van der Waals surface area contributed by atoms with E-state index in [2.05, 4.69) is 36.2 Å². The average molecular weight is 338 g/mol. The third-order valence-electron chi connectivity index (χ3n) is 3.26. The Morgan fingerprint density at radius 3 is 2.80 bits per heavy atom. The van der Waals surface area contributed by atoms with Crippen LogP contribution in [-0.2, 0) is 0 Å². The Morgan fingerprint density at radius 1 is 1.35 bits per heavy atom. The van der Waals surface area contributed by atoms with Gasteiger partial charge in [-0.3, -0.25) is 4.98 Å². The average Bonchev–Trinajstić information content (AvgIpc) is 2.91. The van der Waals surface area contributed by atoms with Crippen LogP contribution in [0.5, 0.6) is 0 Å². The van der Waals surface area contributed by atoms with Gasteiger partial charge in [-0.25, -0.2) is 14.8 Å². The van der Waals surface area contributed by atoms with E-state index in [0.717, 1.165) is 16.4 Å². The van der Waals surface area contributed by atoms with Crippen LogP contribution in [0.3, 0.4) is 0 Å². The molecule has 0 unspecified atom stereocenters. The fourth-order valence-electron chi connectivity index (χ4n) is 2.28. The van der Waals surface area contributed by atoms with E-state index in [1.165, 1.54) is 4.90 Å². The lowest BCUT2D eigenvalue weighted by atomic mass is 10.2. The van der Waals surface area contributed by atoms with Crippen LogP contribution in [0.25, 0.3) is 11.0 Å². The zero-order valence-electron chi connectivity index (χ0n) is 10.5. The van der Waals surface area contributed by atoms with Gasteiger partial charge in [0.2, 0.25) is 0 Å². The van der Waals surface area contributed by atoms with Crippen molar-refractivity contribution in [3.05, 3.63) is 23.1 Å². The topological polar surface area (TPSA) is 91.2 Å². The summed E-state index contributed by atoms with van der Waals surface area (Å²) in [5.41, 5.74) is 1.41. The van der Waals surface area contributed by atoms with Gasteiger partial charge in [-0.2, -0.15) is 0 Å². The minimum Gasteiger partial charge on any atom is -0.465 e. The molecule has 3 rings (SSSR count). The molecule has 2 N–H and O–H groups in total. The summed E-state index contributed by atoms with van der Waals surface area (Å²) in [6, 6.07) is 0.0463. The highest BCUT2D eigenvalue weighted by molar-refractivity contribution is 9.10. The van der Waals surface area contributed by atoms with Gasteiger partial charge in [0.1, 0.15) is 11.0 Å². The van der Waals surface area contributed by atoms with Crippen LogP contribution < -0.4 is 5.32 Å². The maximum Gasteiger partial charge on any atom is 0.407 e. The predicted octanol–water partition coefficient (Wildman–Crippen LogP) is 1.95. The number of amides is 1. The van der Waals surface area contributed by atoms with Crippen LogP contribution in [-0.4, -0.2) is 50.2 Å². The molecule has 104 valence electrons. The maximum absolute atomic E-state index is 10.9. The van der Waals surface area contributed by atoms with Crippen molar-refractivity contribution in [2.75, 3.05) is 18.4 Å². The first kappa shape index (κ1) is 13.0. The highest BCUT2D eigenvalue weighted by atomic mass is 79.9. The summed E-state index contributed by atoms with van der Waals surface area (Å²) in [6.07, 6.45) is 4.77. The molecule has 2 aromatic heterocycles. The molecular weight excluding hydrogens is 326 g/mol. The molecular formula is C12H12BrN5O2. The molecule has 8 heteroatoms. The predicted molar refractivity (Wildman–Crippen MR) is 76.7 cm³/mol. The van der Waals surface area contributed by atoms with E-state index in [1.807, 2.05) is 0 Å². The van der Waals surface area contributed by atoms with Gasteiger partial charge in [-0.1, -0.05) is 0 Å². The molecule has 20 heavy (non-hydrogen) atoms. The van der Waals surface area contributed by atoms with Crippen LogP contribution in [0.15, 0.2) is 23.1 Å². The van der Waals surface area contributed by atoms with E-state index in [0.29, 0.717) is 24.4 Å². The first-order valence-electron chi connectivity index (χ1n) is 6.15. The van der Waals surface area contributed by atoms with Crippen LogP contribution in [0.1, 0.15) is 6.42 Å². The number of carbonyl (C=O) groups is 1. The smallest absolute Gasteiger partial charge is 0.407 e. The van der Waals surface area contributed by atoms with Gasteiger partial charge >= 0.3 is 6.09 Å². The molecule has 2 aromatic rings. The second kappa shape index (κ2) is 5.20. The number of hydrogen-bond donors (Lipinski definition) is 2. The second-order valence-corrected chi connectivity index (χ2v) is 5.42. The molecule has 1 amide bonds. The van der Waals surface area contributed by atoms with Gasteiger partial charge in [-0.15, -0.1) is 0 Å². The van der Waals surface area contributed by atoms with Crippen LogP contribution in [0, 0.1) is 0 Å². The normalized spacial score (nSPS) is 18.4. The summed E-state index contributed by atoms with van der Waals surface area (Å²) < 4.78 is 0.782. The summed E-state index contributed by atoms with van der Waals surface area (Å²) in [7, 11) is 0. The Balaban J connectivity index is 1.85. The van der Waals surface area contributed by atoms with Gasteiger partial charge in [0.25, 0.3) is 0 Å². The molecule has 0 aliphatic carbocycles. The van der Waals surface area contributed by atoms with Crippen LogP contribution in [0.2, 0.25) is 0 Å². The number of hydrogen-bond acceptors (Lipinski definition) is 5. The van der Waals surface area contributed by atoms with E-state index < -0.39 is 6.09 Å². The number of likely N-dealkylation sites (tertiary alicyclic amines) is 1. The number of fused-ring (bicyclic) bond motifs is 1. The Hall–Kier alpha value is -1.96. The maximum atomic E-state index is 10.9. The van der Waals surface area contributed by atoms with Crippen molar-refractivity contribution >= 4 is 38.9 Å². The first-order chi connectivity index (χ1) is 9.65. The quantitative estimate of drug-likeness (QED) is 0.870. The van der Waals surface area contributed by atoms with Crippen molar-refractivity contribution in [3.8, 4) is 0 Å². The molecule has 0 bridgehead atoms. The summed E-state index contributed by atoms with van der Waals surface area (Å²) in [4.78, 5) is 25.2. The van der Waals surface area contributed by atoms with Crippen molar-refractivity contribution in [2.45, 2.75) is 12.5 Å². The third-order valence-corrected chi connectivity index (χ3v) is 3.84. The number of anilines is 1. The molecule has 1 fully saturated rings. The van der Waals surface area contributed by atoms with Crippen molar-refractivity contribution in [3.63, 3.8) is 0 Å². The highest BCUT2D eigenvalue weighted by Crippen LogP contribution is 2.25. The van der Waals surface area contributed by atoms with E-state index in [9.17, 15) is 4.79 Å². The van der Waals surface area contributed by atoms with Gasteiger partial charge in [0, 0.05) is 37.7 Å². The fourth-order valence-corrected chi connectivity index (χ4v) is 2.67. The Bertz CT molecular complexity index is 665. The Morgan fingerprint density at radius 2 is 2.10 bits per heavy atom. The number of aromatic nitrogens is 3. The lowest BCUT2D eigenvalue weighted by Gasteiger charge is -2.15. The fraction of sp³-hybridized carbons (Fsp3) is 0.333. The summed E-state index contributed by atoms with van der Waals surface area (Å²) in [5, 5.41) is 12.2. The molecule has 0 radical (unpaired) electrons. The van der Waals surface area contributed by atoms with Crippen LogP contribution in [0.4, 0.5) is 10.6 Å². The number of nitrogens with one attached hydrogen (secondary N) is 1. The summed E-state index contributed by atoms with van der Waals surface area (Å²) >= 11 is 3.39. The molecule has 0 aromatic carbocycles. The van der Waals surface area contributed by atoms with Crippen molar-refractivity contribution in [1.29, 1.82) is 0 Å². The lowest BCUT2D eigenvalue weighted by Crippen LogP contribution is -2.30. The van der Waals surface area contributed by atoms with E-state index in [4.69, 9.17) is 5.11 Å². The number of rotatable bonds is 2. The molecule has 0 spiro atoms. The molecule has 1 aliphatic heterocycles. The molecule has 0 saturated carbocycles. The minimum atomic E-state index is -0.886. The van der Waals surface area contributed by atoms with E-state index in [1.54, 1.807) is 18.6 Å². The molecule has 1 aliphatic rings. The van der Waals surface area contributed by atoms with Crippen molar-refractivity contribution in [2.24, 2.45) is 0 Å². The molecule has 7 nitrogen and oxygen atoms in total. The SMILES string of the molecule is O=C(O)N1CC[C@H](Nc2ncc(Br)c3nccnc23)C1. The number of nitrogens with zero attached hydrogens (tertiary/aromatic N) is 4. The Kier molecular flexibility index (Phi) is 3.39. The number of halogens is 1. The molecule has 1 saturated heterocycles. The number of pyridine rings is 1. The Labute approximate surface area is 123 Å². The lowest BCUT2D eigenvalue weighted by molar-refractivity contribution is 0.155. The first-order valence-corrected chi connectivity index (χ1v) is 6.94. The van der Waals surface area contributed by atoms with Gasteiger partial charge in [0.15, 0.2) is 5.82 Å². The van der Waals surface area contributed by atoms with Crippen molar-refractivity contribution in [1.82, 2.24) is 19.9 Å². The van der Waals surface area contributed by atoms with Gasteiger partial charge in [0.05, 0.1) is 4.47 Å². The minimum absolute atomic E-state index is 0.0463. The second-order valence-electron chi connectivity index (χ2n) is 4.57. The zero-order valence-corrected chi connectivity index (χ0v) is 12.0. The van der Waals surface area contributed by atoms with Crippen molar-refractivity contribution < 1.29 is 9.90 Å². The molecule has 1 atom stereocenters. The van der Waals surface area contributed by atoms with E-state index in [-0.39, 0.29) is 6.04 Å². The zero-order chi connectivity index (χ0) is 14.1. The standard InChI is InChI=1S/C12H12BrN5O2/c13-8-5-16-11(10-9(8)14-2-3-15-10)17-7-1-4-18(6-7)12(19)20/h2-3,5,7H,1,4,6H2,(H,16,17)(H,19,20)/t7-/m0/s1. The monoisotopic (exact) mass is 337 g/mol. The highest BCUT2D eigenvalue weighted by Gasteiger charge is 2.26.